The van der Waals surface area contributed by atoms with Gasteiger partial charge in [0, 0.05) is 23.4 Å². The Morgan fingerprint density at radius 2 is 1.51 bits per heavy atom. The Morgan fingerprint density at radius 3 is 2.26 bits per heavy atom. The second-order valence-corrected chi connectivity index (χ2v) is 8.59. The Morgan fingerprint density at radius 1 is 0.821 bits per heavy atom. The number of carbonyl (C=O) groups is 3. The van der Waals surface area contributed by atoms with Crippen LogP contribution in [0.1, 0.15) is 20.8 Å². The molecule has 39 heavy (non-hydrogen) atoms. The summed E-state index contributed by atoms with van der Waals surface area (Å²) < 4.78 is 27.0. The number of fused-ring (bicyclic) bond motifs is 1. The van der Waals surface area contributed by atoms with E-state index in [-0.39, 0.29) is 42.0 Å². The first-order valence-electron chi connectivity index (χ1n) is 12.1. The Hall–Kier alpha value is -4.58. The summed E-state index contributed by atoms with van der Waals surface area (Å²) in [5.74, 6) is 0.0266. The van der Waals surface area contributed by atoms with Gasteiger partial charge in [0.05, 0.1) is 19.8 Å². The van der Waals surface area contributed by atoms with Crippen LogP contribution in [0.2, 0.25) is 0 Å². The van der Waals surface area contributed by atoms with Gasteiger partial charge in [-0.25, -0.2) is 19.1 Å². The van der Waals surface area contributed by atoms with Crippen molar-refractivity contribution in [3.8, 4) is 28.4 Å². The standard InChI is InChI=1S/C27H25N3O8S/c1-4-34-25(31)37-18-14-15-21(22(16-18)38-26(32)35-5-2)30-23(24(28-29-30)39-27(33)36-6-3)20-13-9-11-17-10-7-8-12-19(17)20/h7-16H,4-6H2,1-3H3. The zero-order valence-electron chi connectivity index (χ0n) is 21.4. The molecule has 0 atom stereocenters. The van der Waals surface area contributed by atoms with Gasteiger partial charge in [-0.2, -0.15) is 0 Å². The van der Waals surface area contributed by atoms with Crippen molar-refractivity contribution in [2.45, 2.75) is 25.8 Å². The summed E-state index contributed by atoms with van der Waals surface area (Å²) in [6, 6.07) is 17.8. The minimum absolute atomic E-state index is 0.0330. The molecule has 0 saturated heterocycles. The van der Waals surface area contributed by atoms with Gasteiger partial charge in [-0.3, -0.25) is 0 Å². The van der Waals surface area contributed by atoms with Crippen LogP contribution in [0.5, 0.6) is 11.5 Å². The van der Waals surface area contributed by atoms with Crippen LogP contribution in [-0.4, -0.2) is 52.4 Å². The number of carbonyl (C=O) groups excluding carboxylic acids is 3. The summed E-state index contributed by atoms with van der Waals surface area (Å²) in [5.41, 5.74) is 1.45. The SMILES string of the molecule is CCOC(=O)Oc1ccc(-n2nnc(SC(=O)OCC)c2-c2cccc3ccccc23)c(OC(=O)OCC)c1. The summed E-state index contributed by atoms with van der Waals surface area (Å²) in [6.45, 7) is 5.39. The lowest BCUT2D eigenvalue weighted by Crippen LogP contribution is -2.14. The number of ether oxygens (including phenoxy) is 5. The Kier molecular flexibility index (Phi) is 9.00. The van der Waals surface area contributed by atoms with E-state index in [2.05, 4.69) is 10.3 Å². The van der Waals surface area contributed by atoms with Crippen LogP contribution in [0.3, 0.4) is 0 Å². The molecule has 0 bridgehead atoms. The largest absolute Gasteiger partial charge is 0.513 e. The second-order valence-electron chi connectivity index (χ2n) is 7.67. The van der Waals surface area contributed by atoms with Gasteiger partial charge in [-0.05, 0) is 43.7 Å². The van der Waals surface area contributed by atoms with E-state index in [4.69, 9.17) is 23.7 Å². The summed E-state index contributed by atoms with van der Waals surface area (Å²) in [6.07, 6.45) is -1.89. The quantitative estimate of drug-likeness (QED) is 0.104. The summed E-state index contributed by atoms with van der Waals surface area (Å²) in [7, 11) is 0. The molecular formula is C27H25N3O8S. The maximum atomic E-state index is 12.4. The highest BCUT2D eigenvalue weighted by atomic mass is 32.2. The molecule has 11 nitrogen and oxygen atoms in total. The Bertz CT molecular complexity index is 1500. The normalized spacial score (nSPS) is 10.6. The van der Waals surface area contributed by atoms with Gasteiger partial charge < -0.3 is 23.7 Å². The molecule has 202 valence electrons. The van der Waals surface area contributed by atoms with Crippen molar-refractivity contribution in [2.24, 2.45) is 0 Å². The van der Waals surface area contributed by atoms with Gasteiger partial charge in [0.25, 0.3) is 0 Å². The van der Waals surface area contributed by atoms with E-state index >= 15 is 0 Å². The topological polar surface area (TPSA) is 128 Å². The molecule has 4 aromatic rings. The summed E-state index contributed by atoms with van der Waals surface area (Å²) in [5, 5.41) is 10.1. The molecule has 0 aliphatic rings. The van der Waals surface area contributed by atoms with Crippen LogP contribution in [-0.2, 0) is 14.2 Å². The fourth-order valence-electron chi connectivity index (χ4n) is 3.69. The fourth-order valence-corrected chi connectivity index (χ4v) is 4.39. The van der Waals surface area contributed by atoms with Gasteiger partial charge in [0.15, 0.2) is 10.8 Å². The molecule has 0 fully saturated rings. The molecule has 0 radical (unpaired) electrons. The van der Waals surface area contributed by atoms with E-state index in [0.29, 0.717) is 5.69 Å². The van der Waals surface area contributed by atoms with E-state index < -0.39 is 17.6 Å². The molecule has 0 aliphatic heterocycles. The van der Waals surface area contributed by atoms with Crippen LogP contribution < -0.4 is 9.47 Å². The first-order valence-corrected chi connectivity index (χ1v) is 12.9. The van der Waals surface area contributed by atoms with E-state index in [0.717, 1.165) is 28.1 Å². The smallest absolute Gasteiger partial charge is 0.458 e. The van der Waals surface area contributed by atoms with Crippen LogP contribution in [0.25, 0.3) is 27.7 Å². The number of hydrogen-bond donors (Lipinski definition) is 0. The average molecular weight is 552 g/mol. The third kappa shape index (κ3) is 6.47. The average Bonchev–Trinajstić information content (AvgIpc) is 3.31. The highest BCUT2D eigenvalue weighted by Crippen LogP contribution is 2.39. The molecule has 0 aliphatic carbocycles. The fraction of sp³-hybridized carbons (Fsp3) is 0.222. The summed E-state index contributed by atoms with van der Waals surface area (Å²) in [4.78, 5) is 36.6. The maximum Gasteiger partial charge on any atom is 0.513 e. The van der Waals surface area contributed by atoms with Crippen molar-refractivity contribution in [2.75, 3.05) is 19.8 Å². The predicted molar refractivity (Wildman–Crippen MR) is 142 cm³/mol. The first-order chi connectivity index (χ1) is 18.9. The molecule has 0 N–H and O–H groups in total. The van der Waals surface area contributed by atoms with Crippen LogP contribution in [0.4, 0.5) is 14.4 Å². The molecule has 0 saturated carbocycles. The van der Waals surface area contributed by atoms with Crippen molar-refractivity contribution in [3.63, 3.8) is 0 Å². The lowest BCUT2D eigenvalue weighted by Gasteiger charge is -2.15. The van der Waals surface area contributed by atoms with E-state index in [1.165, 1.54) is 22.9 Å². The van der Waals surface area contributed by atoms with Crippen LogP contribution >= 0.6 is 11.8 Å². The zero-order valence-corrected chi connectivity index (χ0v) is 22.2. The number of thioether (sulfide) groups is 1. The molecule has 0 unspecified atom stereocenters. The molecule has 0 spiro atoms. The third-order valence-electron chi connectivity index (χ3n) is 5.20. The summed E-state index contributed by atoms with van der Waals surface area (Å²) >= 11 is 0.785. The lowest BCUT2D eigenvalue weighted by molar-refractivity contribution is 0.103. The molecule has 0 amide bonds. The van der Waals surface area contributed by atoms with Gasteiger partial charge in [-0.1, -0.05) is 47.7 Å². The maximum absolute atomic E-state index is 12.4. The molecular weight excluding hydrogens is 526 g/mol. The molecule has 1 heterocycles. The monoisotopic (exact) mass is 551 g/mol. The highest BCUT2D eigenvalue weighted by molar-refractivity contribution is 8.13. The van der Waals surface area contributed by atoms with Crippen LogP contribution in [0, 0.1) is 0 Å². The minimum atomic E-state index is -0.972. The number of rotatable bonds is 8. The number of nitrogens with zero attached hydrogens (tertiary/aromatic N) is 3. The minimum Gasteiger partial charge on any atom is -0.458 e. The molecule has 1 aromatic heterocycles. The number of benzene rings is 3. The number of aromatic nitrogens is 3. The molecule has 3 aromatic carbocycles. The van der Waals surface area contributed by atoms with Crippen molar-refractivity contribution in [3.05, 3.63) is 60.7 Å². The van der Waals surface area contributed by atoms with E-state index in [1.54, 1.807) is 20.8 Å². The second kappa shape index (κ2) is 12.8. The first kappa shape index (κ1) is 27.5. The number of hydrogen-bond acceptors (Lipinski definition) is 11. The van der Waals surface area contributed by atoms with Gasteiger partial charge in [-0.15, -0.1) is 5.10 Å². The van der Waals surface area contributed by atoms with Gasteiger partial charge in [0.2, 0.25) is 0 Å². The van der Waals surface area contributed by atoms with Crippen molar-refractivity contribution < 1.29 is 38.1 Å². The van der Waals surface area contributed by atoms with E-state index in [1.807, 2.05) is 42.5 Å². The Labute approximate surface area is 227 Å². The van der Waals surface area contributed by atoms with Crippen molar-refractivity contribution >= 4 is 40.1 Å². The molecule has 4 rings (SSSR count). The van der Waals surface area contributed by atoms with Crippen LogP contribution in [0.15, 0.2) is 65.7 Å². The zero-order chi connectivity index (χ0) is 27.8. The van der Waals surface area contributed by atoms with Gasteiger partial charge in [0.1, 0.15) is 17.1 Å². The van der Waals surface area contributed by atoms with Crippen molar-refractivity contribution in [1.29, 1.82) is 0 Å². The highest BCUT2D eigenvalue weighted by Gasteiger charge is 2.25. The predicted octanol–water partition coefficient (Wildman–Crippen LogP) is 6.41. The van der Waals surface area contributed by atoms with E-state index in [9.17, 15) is 14.4 Å². The Balaban J connectivity index is 1.90. The lowest BCUT2D eigenvalue weighted by atomic mass is 10.0. The van der Waals surface area contributed by atoms with Gasteiger partial charge >= 0.3 is 17.6 Å². The third-order valence-corrected chi connectivity index (χ3v) is 5.96. The molecule has 12 heteroatoms. The van der Waals surface area contributed by atoms with Crippen molar-refractivity contribution in [1.82, 2.24) is 15.0 Å².